The van der Waals surface area contributed by atoms with Crippen LogP contribution in [0.1, 0.15) is 30.9 Å². The Morgan fingerprint density at radius 2 is 1.86 bits per heavy atom. The van der Waals surface area contributed by atoms with Gasteiger partial charge in [-0.05, 0) is 36.2 Å². The third-order valence-corrected chi connectivity index (χ3v) is 3.85. The van der Waals surface area contributed by atoms with Gasteiger partial charge in [0, 0.05) is 24.2 Å². The van der Waals surface area contributed by atoms with E-state index >= 15 is 0 Å². The van der Waals surface area contributed by atoms with Gasteiger partial charge in [-0.3, -0.25) is 19.7 Å². The molecule has 2 amide bonds. The zero-order chi connectivity index (χ0) is 21.1. The number of hydrazone groups is 1. The average Bonchev–Trinajstić information content (AvgIpc) is 2.73. The number of amides is 2. The van der Waals surface area contributed by atoms with Crippen LogP contribution in [0.2, 0.25) is 0 Å². The fourth-order valence-corrected chi connectivity index (χ4v) is 2.26. The zero-order valence-corrected chi connectivity index (χ0v) is 16.0. The molecule has 0 saturated heterocycles. The molecule has 0 spiro atoms. The van der Waals surface area contributed by atoms with Gasteiger partial charge in [-0.2, -0.15) is 5.10 Å². The number of carbonyl (C=O) groups is 2. The highest BCUT2D eigenvalue weighted by Gasteiger charge is 2.11. The van der Waals surface area contributed by atoms with Crippen molar-refractivity contribution in [3.8, 4) is 5.75 Å². The van der Waals surface area contributed by atoms with Gasteiger partial charge in [0.2, 0.25) is 0 Å². The molecule has 0 aliphatic carbocycles. The van der Waals surface area contributed by atoms with Gasteiger partial charge in [0.1, 0.15) is 12.4 Å². The Kier molecular flexibility index (Phi) is 8.30. The Bertz CT molecular complexity index is 881. The molecule has 0 saturated carbocycles. The van der Waals surface area contributed by atoms with Crippen LogP contribution in [0.4, 0.5) is 5.69 Å². The van der Waals surface area contributed by atoms with Gasteiger partial charge < -0.3 is 10.1 Å². The van der Waals surface area contributed by atoms with Crippen LogP contribution in [0.25, 0.3) is 0 Å². The average molecular weight is 398 g/mol. The fourth-order valence-electron chi connectivity index (χ4n) is 2.26. The molecular weight excluding hydrogens is 376 g/mol. The molecule has 152 valence electrons. The number of ether oxygens (including phenoxy) is 1. The van der Waals surface area contributed by atoms with Crippen molar-refractivity contribution in [3.63, 3.8) is 0 Å². The first-order valence-electron chi connectivity index (χ1n) is 9.07. The number of benzene rings is 2. The van der Waals surface area contributed by atoms with Crippen LogP contribution < -0.4 is 15.5 Å². The largest absolute Gasteiger partial charge is 0.488 e. The van der Waals surface area contributed by atoms with Gasteiger partial charge in [0.05, 0.1) is 11.1 Å². The summed E-state index contributed by atoms with van der Waals surface area (Å²) in [6, 6.07) is 13.1. The predicted octanol–water partition coefficient (Wildman–Crippen LogP) is 2.54. The molecule has 0 fully saturated rings. The Hall–Kier alpha value is -3.75. The van der Waals surface area contributed by atoms with E-state index in [0.717, 1.165) is 18.4 Å². The van der Waals surface area contributed by atoms with Crippen LogP contribution in [0.3, 0.4) is 0 Å². The fraction of sp³-hybridized carbons (Fsp3) is 0.250. The number of hydrogen-bond acceptors (Lipinski definition) is 6. The lowest BCUT2D eigenvalue weighted by Crippen LogP contribution is -2.38. The highest BCUT2D eigenvalue weighted by molar-refractivity contribution is 6.35. The van der Waals surface area contributed by atoms with Crippen molar-refractivity contribution in [3.05, 3.63) is 69.8 Å². The summed E-state index contributed by atoms with van der Waals surface area (Å²) in [6.07, 6.45) is 3.08. The van der Waals surface area contributed by atoms with E-state index in [0.29, 0.717) is 17.9 Å². The number of non-ortho nitro benzene ring substituents is 1. The van der Waals surface area contributed by atoms with Crippen LogP contribution in [0, 0.1) is 10.1 Å². The minimum absolute atomic E-state index is 0.00996. The summed E-state index contributed by atoms with van der Waals surface area (Å²) < 4.78 is 5.74. The number of nitrogens with one attached hydrogen (secondary N) is 2. The Morgan fingerprint density at radius 3 is 2.55 bits per heavy atom. The lowest BCUT2D eigenvalue weighted by molar-refractivity contribution is -0.384. The monoisotopic (exact) mass is 398 g/mol. The molecule has 9 nitrogen and oxygen atoms in total. The number of para-hydroxylation sites is 1. The summed E-state index contributed by atoms with van der Waals surface area (Å²) in [7, 11) is 0. The summed E-state index contributed by atoms with van der Waals surface area (Å²) in [6.45, 7) is 2.62. The van der Waals surface area contributed by atoms with Crippen molar-refractivity contribution in [2.24, 2.45) is 5.10 Å². The highest BCUT2D eigenvalue weighted by Crippen LogP contribution is 2.18. The minimum Gasteiger partial charge on any atom is -0.488 e. The van der Waals surface area contributed by atoms with E-state index in [1.165, 1.54) is 18.3 Å². The minimum atomic E-state index is -0.846. The molecule has 0 aliphatic rings. The molecule has 2 aromatic carbocycles. The smallest absolute Gasteiger partial charge is 0.329 e. The maximum atomic E-state index is 11.7. The molecular formula is C20H22N4O5. The van der Waals surface area contributed by atoms with Crippen molar-refractivity contribution < 1.29 is 19.2 Å². The number of unbranched alkanes of at least 4 members (excludes halogenated alkanes) is 1. The number of rotatable bonds is 9. The molecule has 0 bridgehead atoms. The van der Waals surface area contributed by atoms with Crippen LogP contribution in [0.15, 0.2) is 53.6 Å². The number of nitro benzene ring substituents is 1. The van der Waals surface area contributed by atoms with Gasteiger partial charge in [-0.25, -0.2) is 5.43 Å². The molecule has 2 rings (SSSR count). The molecule has 2 N–H and O–H groups in total. The number of nitro groups is 1. The molecule has 0 atom stereocenters. The molecule has 0 aromatic heterocycles. The molecule has 9 heteroatoms. The summed E-state index contributed by atoms with van der Waals surface area (Å²) in [4.78, 5) is 33.5. The normalized spacial score (nSPS) is 10.5. The summed E-state index contributed by atoms with van der Waals surface area (Å²) >= 11 is 0. The molecule has 29 heavy (non-hydrogen) atoms. The lowest BCUT2D eigenvalue weighted by Gasteiger charge is -2.09. The number of nitrogens with zero attached hydrogens (tertiary/aromatic N) is 2. The van der Waals surface area contributed by atoms with E-state index in [-0.39, 0.29) is 12.3 Å². The van der Waals surface area contributed by atoms with Crippen LogP contribution >= 0.6 is 0 Å². The van der Waals surface area contributed by atoms with E-state index in [1.807, 2.05) is 6.92 Å². The SMILES string of the molecule is CCCCNC(=O)C(=O)N/N=C\c1ccccc1OCc1ccc([N+](=O)[O-])cc1. The molecule has 0 aliphatic heterocycles. The van der Waals surface area contributed by atoms with Crippen molar-refractivity contribution >= 4 is 23.7 Å². The van der Waals surface area contributed by atoms with Crippen molar-refractivity contribution in [1.82, 2.24) is 10.7 Å². The van der Waals surface area contributed by atoms with E-state index in [4.69, 9.17) is 4.74 Å². The Labute approximate surface area is 167 Å². The summed E-state index contributed by atoms with van der Waals surface area (Å²) in [5, 5.41) is 17.0. The second-order valence-corrected chi connectivity index (χ2v) is 6.06. The molecule has 0 unspecified atom stereocenters. The van der Waals surface area contributed by atoms with Gasteiger partial charge >= 0.3 is 11.8 Å². The number of carbonyl (C=O) groups excluding carboxylic acids is 2. The molecule has 0 heterocycles. The first-order valence-corrected chi connectivity index (χ1v) is 9.07. The zero-order valence-electron chi connectivity index (χ0n) is 16.0. The van der Waals surface area contributed by atoms with E-state index in [1.54, 1.807) is 36.4 Å². The highest BCUT2D eigenvalue weighted by atomic mass is 16.6. The molecule has 0 radical (unpaired) electrons. The van der Waals surface area contributed by atoms with Crippen molar-refractivity contribution in [1.29, 1.82) is 0 Å². The summed E-state index contributed by atoms with van der Waals surface area (Å²) in [5.41, 5.74) is 3.55. The predicted molar refractivity (Wildman–Crippen MR) is 108 cm³/mol. The second-order valence-electron chi connectivity index (χ2n) is 6.06. The third-order valence-electron chi connectivity index (χ3n) is 3.85. The topological polar surface area (TPSA) is 123 Å². The van der Waals surface area contributed by atoms with Crippen LogP contribution in [0.5, 0.6) is 5.75 Å². The lowest BCUT2D eigenvalue weighted by atomic mass is 10.2. The number of hydrogen-bond donors (Lipinski definition) is 2. The summed E-state index contributed by atoms with van der Waals surface area (Å²) in [5.74, 6) is -1.07. The van der Waals surface area contributed by atoms with E-state index in [9.17, 15) is 19.7 Å². The first-order chi connectivity index (χ1) is 14.0. The van der Waals surface area contributed by atoms with Crippen LogP contribution in [-0.2, 0) is 16.2 Å². The van der Waals surface area contributed by atoms with E-state index in [2.05, 4.69) is 15.8 Å². The van der Waals surface area contributed by atoms with Gasteiger partial charge in [-0.1, -0.05) is 25.5 Å². The van der Waals surface area contributed by atoms with Gasteiger partial charge in [0.15, 0.2) is 0 Å². The van der Waals surface area contributed by atoms with Gasteiger partial charge in [-0.15, -0.1) is 0 Å². The maximum absolute atomic E-state index is 11.7. The second kappa shape index (κ2) is 11.2. The third kappa shape index (κ3) is 7.06. The van der Waals surface area contributed by atoms with Crippen molar-refractivity contribution in [2.75, 3.05) is 6.54 Å². The van der Waals surface area contributed by atoms with Crippen LogP contribution in [-0.4, -0.2) is 29.5 Å². The Morgan fingerprint density at radius 1 is 1.14 bits per heavy atom. The maximum Gasteiger partial charge on any atom is 0.329 e. The van der Waals surface area contributed by atoms with Gasteiger partial charge in [0.25, 0.3) is 5.69 Å². The first kappa shape index (κ1) is 21.5. The molecule has 2 aromatic rings. The van der Waals surface area contributed by atoms with Crippen molar-refractivity contribution in [2.45, 2.75) is 26.4 Å². The quantitative estimate of drug-likeness (QED) is 0.221. The van der Waals surface area contributed by atoms with E-state index < -0.39 is 16.7 Å². The standard InChI is InChI=1S/C20H22N4O5/c1-2-3-12-21-19(25)20(26)23-22-13-16-6-4-5-7-18(16)29-14-15-8-10-17(11-9-15)24(27)28/h4-11,13H,2-3,12,14H2,1H3,(H,21,25)(H,23,26)/b22-13-. The Balaban J connectivity index is 1.92.